The summed E-state index contributed by atoms with van der Waals surface area (Å²) in [6.07, 6.45) is 1.84. The minimum absolute atomic E-state index is 0.0641. The Morgan fingerprint density at radius 1 is 0.806 bits per heavy atom. The molecule has 2 heterocycles. The van der Waals surface area contributed by atoms with Gasteiger partial charge in [0.05, 0.1) is 16.7 Å². The molecule has 0 N–H and O–H groups in total. The van der Waals surface area contributed by atoms with E-state index in [2.05, 4.69) is 76.6 Å². The second kappa shape index (κ2) is 7.50. The summed E-state index contributed by atoms with van der Waals surface area (Å²) in [6.45, 7) is 6.48. The fourth-order valence-electron chi connectivity index (χ4n) is 3.77. The van der Waals surface area contributed by atoms with Gasteiger partial charge in [-0.3, -0.25) is 4.57 Å². The Hall–Kier alpha value is -3.18. The molecule has 0 unspecified atom stereocenters. The number of hydrogen-bond acceptors (Lipinski definition) is 3. The van der Waals surface area contributed by atoms with E-state index in [1.807, 2.05) is 48.7 Å². The summed E-state index contributed by atoms with van der Waals surface area (Å²) in [5, 5.41) is 2.30. The molecule has 0 bridgehead atoms. The fourth-order valence-corrected chi connectivity index (χ4v) is 4.15. The van der Waals surface area contributed by atoms with E-state index in [4.69, 9.17) is 9.72 Å². The van der Waals surface area contributed by atoms with Crippen molar-refractivity contribution in [3.8, 4) is 17.4 Å². The molecule has 5 heteroatoms. The molecule has 0 aliphatic heterocycles. The standard InChI is InChI=1S/C26H22BrN3O/c1-26(2,3)24-13-14-28-25(29-24)30-22-10-5-4-9-20(22)21-12-11-19(16-23(21)30)31-18-8-6-7-17(27)15-18/h4-16H,1-3H3. The topological polar surface area (TPSA) is 39.9 Å². The van der Waals surface area contributed by atoms with Crippen molar-refractivity contribution in [2.75, 3.05) is 0 Å². The predicted octanol–water partition coefficient (Wildman–Crippen LogP) is 7.43. The SMILES string of the molecule is CC(C)(C)c1ccnc(-n2c3ccccc3c3ccc(Oc4cccc(Br)c4)cc32)n1. The first-order chi connectivity index (χ1) is 14.9. The van der Waals surface area contributed by atoms with Crippen molar-refractivity contribution in [3.05, 3.63) is 89.2 Å². The van der Waals surface area contributed by atoms with Crippen LogP contribution in [0.1, 0.15) is 26.5 Å². The zero-order valence-corrected chi connectivity index (χ0v) is 19.2. The van der Waals surface area contributed by atoms with Crippen molar-refractivity contribution >= 4 is 37.7 Å². The van der Waals surface area contributed by atoms with E-state index in [-0.39, 0.29) is 5.41 Å². The lowest BCUT2D eigenvalue weighted by molar-refractivity contribution is 0.483. The van der Waals surface area contributed by atoms with Crippen molar-refractivity contribution in [2.45, 2.75) is 26.2 Å². The molecule has 3 aromatic carbocycles. The molecule has 0 fully saturated rings. The summed E-state index contributed by atoms with van der Waals surface area (Å²) in [5.41, 5.74) is 3.03. The van der Waals surface area contributed by atoms with Crippen molar-refractivity contribution in [3.63, 3.8) is 0 Å². The number of benzene rings is 3. The number of ether oxygens (including phenoxy) is 1. The van der Waals surface area contributed by atoms with Crippen LogP contribution in [0.3, 0.4) is 0 Å². The third-order valence-corrected chi connectivity index (χ3v) is 5.78. The molecule has 0 saturated heterocycles. The third-order valence-electron chi connectivity index (χ3n) is 5.29. The minimum Gasteiger partial charge on any atom is -0.457 e. The Morgan fingerprint density at radius 2 is 1.58 bits per heavy atom. The van der Waals surface area contributed by atoms with E-state index in [1.54, 1.807) is 0 Å². The summed E-state index contributed by atoms with van der Waals surface area (Å²) in [6, 6.07) is 24.3. The van der Waals surface area contributed by atoms with Gasteiger partial charge in [0.25, 0.3) is 0 Å². The molecule has 154 valence electrons. The van der Waals surface area contributed by atoms with Crippen molar-refractivity contribution in [2.24, 2.45) is 0 Å². The summed E-state index contributed by atoms with van der Waals surface area (Å²) < 4.78 is 9.25. The molecular weight excluding hydrogens is 450 g/mol. The second-order valence-electron chi connectivity index (χ2n) is 8.58. The van der Waals surface area contributed by atoms with Gasteiger partial charge >= 0.3 is 0 Å². The van der Waals surface area contributed by atoms with E-state index >= 15 is 0 Å². The number of rotatable bonds is 3. The van der Waals surface area contributed by atoms with Gasteiger partial charge in [0.15, 0.2) is 0 Å². The summed E-state index contributed by atoms with van der Waals surface area (Å²) in [4.78, 5) is 9.54. The smallest absolute Gasteiger partial charge is 0.234 e. The quantitative estimate of drug-likeness (QED) is 0.274. The largest absolute Gasteiger partial charge is 0.457 e. The Balaban J connectivity index is 1.72. The first-order valence-electron chi connectivity index (χ1n) is 10.2. The Bertz CT molecular complexity index is 1420. The first-order valence-corrected chi connectivity index (χ1v) is 11.0. The second-order valence-corrected chi connectivity index (χ2v) is 9.50. The Kier molecular flexibility index (Phi) is 4.78. The molecule has 5 aromatic rings. The van der Waals surface area contributed by atoms with E-state index in [1.165, 1.54) is 0 Å². The zero-order valence-electron chi connectivity index (χ0n) is 17.6. The maximum absolute atomic E-state index is 6.15. The number of nitrogens with zero attached hydrogens (tertiary/aromatic N) is 3. The van der Waals surface area contributed by atoms with Gasteiger partial charge in [-0.15, -0.1) is 0 Å². The highest BCUT2D eigenvalue weighted by Crippen LogP contribution is 2.35. The van der Waals surface area contributed by atoms with Gasteiger partial charge in [-0.2, -0.15) is 0 Å². The molecule has 0 amide bonds. The van der Waals surface area contributed by atoms with Crippen molar-refractivity contribution in [1.29, 1.82) is 0 Å². The lowest BCUT2D eigenvalue weighted by Crippen LogP contribution is -2.15. The van der Waals surface area contributed by atoms with Gasteiger partial charge in [-0.05, 0) is 42.5 Å². The van der Waals surface area contributed by atoms with Gasteiger partial charge in [0.2, 0.25) is 5.95 Å². The van der Waals surface area contributed by atoms with E-state index in [0.717, 1.165) is 43.5 Å². The van der Waals surface area contributed by atoms with Crippen LogP contribution in [0.25, 0.3) is 27.8 Å². The number of aromatic nitrogens is 3. The monoisotopic (exact) mass is 471 g/mol. The van der Waals surface area contributed by atoms with Crippen LogP contribution in [0.15, 0.2) is 83.5 Å². The van der Waals surface area contributed by atoms with Crippen LogP contribution in [0.5, 0.6) is 11.5 Å². The highest BCUT2D eigenvalue weighted by molar-refractivity contribution is 9.10. The van der Waals surface area contributed by atoms with Gasteiger partial charge in [-0.1, -0.05) is 61.0 Å². The van der Waals surface area contributed by atoms with Crippen LogP contribution in [0.4, 0.5) is 0 Å². The predicted molar refractivity (Wildman–Crippen MR) is 129 cm³/mol. The average Bonchev–Trinajstić information content (AvgIpc) is 3.07. The zero-order chi connectivity index (χ0) is 21.6. The van der Waals surface area contributed by atoms with Crippen LogP contribution in [-0.2, 0) is 5.41 Å². The highest BCUT2D eigenvalue weighted by atomic mass is 79.9. The van der Waals surface area contributed by atoms with Gasteiger partial charge in [0.1, 0.15) is 11.5 Å². The average molecular weight is 472 g/mol. The molecule has 2 aromatic heterocycles. The van der Waals surface area contributed by atoms with E-state index in [0.29, 0.717) is 5.95 Å². The van der Waals surface area contributed by atoms with Crippen LogP contribution < -0.4 is 4.74 Å². The number of hydrogen-bond donors (Lipinski definition) is 0. The number of para-hydroxylation sites is 1. The van der Waals surface area contributed by atoms with Gasteiger partial charge in [0, 0.05) is 32.9 Å². The molecule has 0 atom stereocenters. The molecule has 0 spiro atoms. The molecule has 31 heavy (non-hydrogen) atoms. The molecule has 5 rings (SSSR count). The summed E-state index contributed by atoms with van der Waals surface area (Å²) >= 11 is 3.50. The Labute approximate surface area is 189 Å². The molecule has 0 aliphatic carbocycles. The minimum atomic E-state index is -0.0641. The van der Waals surface area contributed by atoms with Crippen molar-refractivity contribution in [1.82, 2.24) is 14.5 Å². The van der Waals surface area contributed by atoms with Gasteiger partial charge in [-0.25, -0.2) is 9.97 Å². The highest BCUT2D eigenvalue weighted by Gasteiger charge is 2.19. The third kappa shape index (κ3) is 3.70. The van der Waals surface area contributed by atoms with E-state index in [9.17, 15) is 0 Å². The number of halogens is 1. The van der Waals surface area contributed by atoms with Crippen LogP contribution in [0.2, 0.25) is 0 Å². The summed E-state index contributed by atoms with van der Waals surface area (Å²) in [7, 11) is 0. The van der Waals surface area contributed by atoms with Gasteiger partial charge < -0.3 is 4.74 Å². The maximum atomic E-state index is 6.15. The fraction of sp³-hybridized carbons (Fsp3) is 0.154. The number of fused-ring (bicyclic) bond motifs is 3. The van der Waals surface area contributed by atoms with Crippen LogP contribution >= 0.6 is 15.9 Å². The molecule has 0 radical (unpaired) electrons. The lowest BCUT2D eigenvalue weighted by Gasteiger charge is -2.18. The van der Waals surface area contributed by atoms with Crippen molar-refractivity contribution < 1.29 is 4.74 Å². The summed E-state index contributed by atoms with van der Waals surface area (Å²) in [5.74, 6) is 2.21. The lowest BCUT2D eigenvalue weighted by atomic mass is 9.92. The van der Waals surface area contributed by atoms with Crippen LogP contribution in [-0.4, -0.2) is 14.5 Å². The maximum Gasteiger partial charge on any atom is 0.234 e. The van der Waals surface area contributed by atoms with Crippen LogP contribution in [0, 0.1) is 0 Å². The molecule has 0 aliphatic rings. The molecular formula is C26H22BrN3O. The first kappa shape index (κ1) is 19.8. The normalized spacial score (nSPS) is 11.9. The Morgan fingerprint density at radius 3 is 2.39 bits per heavy atom. The van der Waals surface area contributed by atoms with E-state index < -0.39 is 0 Å². The molecule has 0 saturated carbocycles. The molecule has 4 nitrogen and oxygen atoms in total.